The SMILES string of the molecule is CCC(=O)O[C@]1(C(=O)SCF)CC[C@H]2[C@@H]3C[C@H](C)C4=Cc5c(cnn5-c5ccc(F)cc5)C[C@]4(C)[C@H]3[C@@H](O)C[C@@]21C. The highest BCUT2D eigenvalue weighted by Crippen LogP contribution is 2.69. The number of nitrogens with zero attached hydrogens (tertiary/aromatic N) is 2. The fraction of sp³-hybridized carbons (Fsp3) is 0.594. The Balaban J connectivity index is 1.39. The summed E-state index contributed by atoms with van der Waals surface area (Å²) in [6.45, 7) is 8.15. The Morgan fingerprint density at radius 3 is 2.66 bits per heavy atom. The molecule has 3 fully saturated rings. The van der Waals surface area contributed by atoms with E-state index in [4.69, 9.17) is 4.74 Å². The highest BCUT2D eigenvalue weighted by molar-refractivity contribution is 8.13. The lowest BCUT2D eigenvalue weighted by Crippen LogP contribution is -2.63. The first-order valence-corrected chi connectivity index (χ1v) is 15.7. The van der Waals surface area contributed by atoms with Gasteiger partial charge in [-0.15, -0.1) is 0 Å². The van der Waals surface area contributed by atoms with Crippen LogP contribution in [0.1, 0.15) is 71.1 Å². The van der Waals surface area contributed by atoms with E-state index >= 15 is 0 Å². The van der Waals surface area contributed by atoms with Crippen molar-refractivity contribution >= 4 is 28.9 Å². The van der Waals surface area contributed by atoms with Crippen molar-refractivity contribution in [2.24, 2.45) is 34.5 Å². The number of carbonyl (C=O) groups excluding carboxylic acids is 2. The number of ether oxygens (including phenoxy) is 1. The van der Waals surface area contributed by atoms with Gasteiger partial charge < -0.3 is 9.84 Å². The van der Waals surface area contributed by atoms with Crippen LogP contribution < -0.4 is 0 Å². The molecule has 4 aliphatic carbocycles. The van der Waals surface area contributed by atoms with E-state index in [0.29, 0.717) is 37.4 Å². The Bertz CT molecular complexity index is 1410. The molecule has 2 aromatic rings. The minimum Gasteiger partial charge on any atom is -0.449 e. The van der Waals surface area contributed by atoms with E-state index in [0.717, 1.165) is 23.4 Å². The largest absolute Gasteiger partial charge is 0.449 e. The van der Waals surface area contributed by atoms with Crippen LogP contribution in [-0.2, 0) is 20.7 Å². The minimum atomic E-state index is -1.44. The molecule has 6 nitrogen and oxygen atoms in total. The quantitative estimate of drug-likeness (QED) is 0.416. The van der Waals surface area contributed by atoms with Crippen LogP contribution in [0.15, 0.2) is 36.0 Å². The Kier molecular flexibility index (Phi) is 7.00. The Hall–Kier alpha value is -2.52. The average Bonchev–Trinajstić information content (AvgIpc) is 3.46. The molecule has 0 unspecified atom stereocenters. The number of hydrogen-bond donors (Lipinski definition) is 1. The number of alkyl halides is 1. The second kappa shape index (κ2) is 10.0. The van der Waals surface area contributed by atoms with E-state index in [1.807, 2.05) is 17.8 Å². The molecule has 0 radical (unpaired) electrons. The van der Waals surface area contributed by atoms with Crippen molar-refractivity contribution in [2.45, 2.75) is 77.9 Å². The second-order valence-corrected chi connectivity index (χ2v) is 13.9. The number of benzene rings is 1. The first-order chi connectivity index (χ1) is 19.5. The van der Waals surface area contributed by atoms with Crippen molar-refractivity contribution in [3.05, 3.63) is 53.1 Å². The number of halogens is 2. The number of thioether (sulfide) groups is 1. The molecular weight excluding hydrogens is 546 g/mol. The molecule has 41 heavy (non-hydrogen) atoms. The summed E-state index contributed by atoms with van der Waals surface area (Å²) < 4.78 is 34.9. The summed E-state index contributed by atoms with van der Waals surface area (Å²) in [5.74, 6) is -0.440. The lowest BCUT2D eigenvalue weighted by molar-refractivity contribution is -0.197. The predicted molar refractivity (Wildman–Crippen MR) is 153 cm³/mol. The molecule has 1 heterocycles. The molecule has 0 bridgehead atoms. The van der Waals surface area contributed by atoms with Gasteiger partial charge in [-0.2, -0.15) is 5.10 Å². The van der Waals surface area contributed by atoms with Gasteiger partial charge in [0.15, 0.2) is 5.60 Å². The van der Waals surface area contributed by atoms with Gasteiger partial charge in [-0.1, -0.05) is 33.3 Å². The molecule has 220 valence electrons. The molecule has 0 aliphatic heterocycles. The molecule has 4 aliphatic rings. The molecule has 9 heteroatoms. The molecule has 1 aromatic carbocycles. The van der Waals surface area contributed by atoms with Gasteiger partial charge in [0.05, 0.1) is 23.7 Å². The van der Waals surface area contributed by atoms with E-state index in [1.54, 1.807) is 19.1 Å². The summed E-state index contributed by atoms with van der Waals surface area (Å²) in [7, 11) is 0. The van der Waals surface area contributed by atoms with E-state index in [9.17, 15) is 23.5 Å². The van der Waals surface area contributed by atoms with Crippen LogP contribution in [0.2, 0.25) is 0 Å². The molecule has 0 amide bonds. The maximum absolute atomic E-state index is 13.6. The zero-order valence-electron chi connectivity index (χ0n) is 24.0. The average molecular weight is 585 g/mol. The summed E-state index contributed by atoms with van der Waals surface area (Å²) in [5.41, 5.74) is 1.60. The third-order valence-corrected chi connectivity index (χ3v) is 11.7. The first-order valence-electron chi connectivity index (χ1n) is 14.7. The molecule has 0 spiro atoms. The van der Waals surface area contributed by atoms with Crippen LogP contribution in [0.25, 0.3) is 11.8 Å². The van der Waals surface area contributed by atoms with E-state index in [1.165, 1.54) is 17.7 Å². The highest BCUT2D eigenvalue weighted by Gasteiger charge is 2.71. The summed E-state index contributed by atoms with van der Waals surface area (Å²) in [6.07, 6.45) is 6.41. The lowest BCUT2D eigenvalue weighted by Gasteiger charge is -2.61. The fourth-order valence-electron chi connectivity index (χ4n) is 9.38. The van der Waals surface area contributed by atoms with E-state index in [2.05, 4.69) is 25.0 Å². The lowest BCUT2D eigenvalue weighted by atomic mass is 9.44. The van der Waals surface area contributed by atoms with Gasteiger partial charge in [0.1, 0.15) is 11.8 Å². The Morgan fingerprint density at radius 1 is 1.24 bits per heavy atom. The summed E-state index contributed by atoms with van der Waals surface area (Å²) in [4.78, 5) is 26.1. The number of rotatable bonds is 5. The van der Waals surface area contributed by atoms with Crippen molar-refractivity contribution in [3.8, 4) is 5.69 Å². The molecule has 1 aromatic heterocycles. The number of esters is 1. The Morgan fingerprint density at radius 2 is 1.98 bits per heavy atom. The zero-order valence-corrected chi connectivity index (χ0v) is 24.8. The molecular formula is C32H38F2N2O4S. The van der Waals surface area contributed by atoms with Crippen molar-refractivity contribution in [3.63, 3.8) is 0 Å². The second-order valence-electron chi connectivity index (χ2n) is 13.0. The monoisotopic (exact) mass is 584 g/mol. The van der Waals surface area contributed by atoms with Gasteiger partial charge in [-0.05, 0) is 109 Å². The van der Waals surface area contributed by atoms with Crippen LogP contribution in [-0.4, -0.2) is 43.7 Å². The van der Waals surface area contributed by atoms with Crippen LogP contribution in [0.3, 0.4) is 0 Å². The molecule has 0 saturated heterocycles. The molecule has 3 saturated carbocycles. The number of allylic oxidation sites excluding steroid dienone is 1. The number of hydrogen-bond acceptors (Lipinski definition) is 6. The standard InChI is InChI=1S/C32H38F2N2O4S/c1-5-27(38)40-32(29(39)41-17-33)11-10-23-22-12-18(2)24-13-25-19(16-35-36(25)21-8-6-20(34)7-9-21)14-30(24,3)28(22)26(37)15-31(23,32)4/h6-9,13,16,18,22-23,26,28,37H,5,10-12,14-15,17H2,1-4H3/t18-,22-,23-,26-,28+,30-,31-,32-/m0/s1. The van der Waals surface area contributed by atoms with Crippen molar-refractivity contribution in [1.82, 2.24) is 9.78 Å². The van der Waals surface area contributed by atoms with Gasteiger partial charge in [-0.3, -0.25) is 9.59 Å². The van der Waals surface area contributed by atoms with Crippen LogP contribution in [0.4, 0.5) is 8.78 Å². The van der Waals surface area contributed by atoms with Crippen molar-refractivity contribution < 1.29 is 28.2 Å². The predicted octanol–water partition coefficient (Wildman–Crippen LogP) is 6.29. The Labute approximate surface area is 243 Å². The third kappa shape index (κ3) is 4.08. The van der Waals surface area contributed by atoms with Gasteiger partial charge in [0.25, 0.3) is 0 Å². The van der Waals surface area contributed by atoms with Crippen LogP contribution >= 0.6 is 11.8 Å². The first kappa shape index (κ1) is 28.6. The zero-order chi connectivity index (χ0) is 29.3. The van der Waals surface area contributed by atoms with Gasteiger partial charge in [0, 0.05) is 11.8 Å². The van der Waals surface area contributed by atoms with Crippen LogP contribution in [0.5, 0.6) is 0 Å². The smallest absolute Gasteiger partial charge is 0.306 e. The molecule has 6 rings (SSSR count). The molecule has 1 N–H and O–H groups in total. The number of aromatic nitrogens is 2. The topological polar surface area (TPSA) is 81.4 Å². The molecule has 8 atom stereocenters. The maximum Gasteiger partial charge on any atom is 0.306 e. The van der Waals surface area contributed by atoms with Crippen molar-refractivity contribution in [2.75, 3.05) is 6.01 Å². The summed E-state index contributed by atoms with van der Waals surface area (Å²) >= 11 is 0.573. The van der Waals surface area contributed by atoms with E-state index < -0.39 is 34.2 Å². The summed E-state index contributed by atoms with van der Waals surface area (Å²) in [5, 5.41) is 16.2. The maximum atomic E-state index is 13.6. The minimum absolute atomic E-state index is 0.0491. The fourth-order valence-corrected chi connectivity index (χ4v) is 10.1. The third-order valence-electron chi connectivity index (χ3n) is 11.0. The highest BCUT2D eigenvalue weighted by atomic mass is 32.2. The van der Waals surface area contributed by atoms with E-state index in [-0.39, 0.29) is 41.3 Å². The number of fused-ring (bicyclic) bond motifs is 6. The number of aliphatic hydroxyl groups excluding tert-OH is 1. The number of aliphatic hydroxyl groups is 1. The van der Waals surface area contributed by atoms with Gasteiger partial charge in [-0.25, -0.2) is 13.5 Å². The number of carbonyl (C=O) groups is 2. The summed E-state index contributed by atoms with van der Waals surface area (Å²) in [6, 6.07) is 5.44. The van der Waals surface area contributed by atoms with Gasteiger partial charge >= 0.3 is 5.97 Å². The normalized spacial score (nSPS) is 37.3. The van der Waals surface area contributed by atoms with Crippen molar-refractivity contribution in [1.29, 1.82) is 0 Å². The van der Waals surface area contributed by atoms with Crippen LogP contribution in [0, 0.1) is 40.3 Å². The van der Waals surface area contributed by atoms with Gasteiger partial charge in [0.2, 0.25) is 5.12 Å².